The second-order valence-electron chi connectivity index (χ2n) is 6.65. The monoisotopic (exact) mass is 331 g/mol. The molecule has 0 unspecified atom stereocenters. The van der Waals surface area contributed by atoms with E-state index >= 15 is 0 Å². The molecule has 1 fully saturated rings. The molecule has 2 aromatic rings. The van der Waals surface area contributed by atoms with Crippen molar-refractivity contribution in [2.75, 3.05) is 13.1 Å². The molecule has 1 aliphatic heterocycles. The molecular weight excluding hydrogens is 312 g/mol. The van der Waals surface area contributed by atoms with Gasteiger partial charge in [0.05, 0.1) is 5.69 Å². The Kier molecular flexibility index (Phi) is 3.62. The predicted octanol–water partition coefficient (Wildman–Crippen LogP) is 3.04. The van der Waals surface area contributed by atoms with Crippen molar-refractivity contribution in [2.45, 2.75) is 37.8 Å². The molecular formula is C18H19F2N3O. The van der Waals surface area contributed by atoms with Crippen LogP contribution in [0.25, 0.3) is 11.3 Å². The van der Waals surface area contributed by atoms with Crippen LogP contribution in [0.15, 0.2) is 24.3 Å². The fraction of sp³-hybridized carbons (Fsp3) is 0.444. The lowest BCUT2D eigenvalue weighted by Gasteiger charge is -2.36. The van der Waals surface area contributed by atoms with E-state index in [1.807, 2.05) is 0 Å². The van der Waals surface area contributed by atoms with Crippen molar-refractivity contribution in [3.05, 3.63) is 41.3 Å². The number of aromatic amines is 1. The summed E-state index contributed by atoms with van der Waals surface area (Å²) < 4.78 is 27.5. The van der Waals surface area contributed by atoms with Crippen LogP contribution in [0.1, 0.15) is 30.5 Å². The molecule has 0 spiro atoms. The van der Waals surface area contributed by atoms with E-state index in [1.54, 1.807) is 17.0 Å². The van der Waals surface area contributed by atoms with E-state index in [1.165, 1.54) is 12.1 Å². The van der Waals surface area contributed by atoms with Gasteiger partial charge in [0, 0.05) is 36.3 Å². The molecule has 6 heteroatoms. The van der Waals surface area contributed by atoms with Gasteiger partial charge < -0.3 is 4.90 Å². The van der Waals surface area contributed by atoms with Crippen molar-refractivity contribution in [2.24, 2.45) is 0 Å². The highest BCUT2D eigenvalue weighted by Gasteiger charge is 2.47. The van der Waals surface area contributed by atoms with Gasteiger partial charge in [-0.05, 0) is 49.9 Å². The van der Waals surface area contributed by atoms with E-state index in [4.69, 9.17) is 0 Å². The fourth-order valence-corrected chi connectivity index (χ4v) is 3.52. The van der Waals surface area contributed by atoms with Gasteiger partial charge in [-0.2, -0.15) is 5.10 Å². The van der Waals surface area contributed by atoms with Crippen LogP contribution in [0.3, 0.4) is 0 Å². The maximum atomic E-state index is 14.4. The normalized spacial score (nSPS) is 19.3. The van der Waals surface area contributed by atoms with E-state index in [-0.39, 0.29) is 11.7 Å². The van der Waals surface area contributed by atoms with Crippen LogP contribution in [0.4, 0.5) is 8.78 Å². The van der Waals surface area contributed by atoms with Gasteiger partial charge in [0.25, 0.3) is 5.91 Å². The Hall–Kier alpha value is -2.24. The van der Waals surface area contributed by atoms with Crippen molar-refractivity contribution >= 4 is 5.91 Å². The minimum Gasteiger partial charge on any atom is -0.339 e. The van der Waals surface area contributed by atoms with Crippen LogP contribution < -0.4 is 0 Å². The number of carbonyl (C=O) groups is 1. The molecule has 2 heterocycles. The summed E-state index contributed by atoms with van der Waals surface area (Å²) in [6.45, 7) is 0.994. The molecule has 1 aromatic carbocycles. The Balaban J connectivity index is 1.55. The Labute approximate surface area is 138 Å². The summed E-state index contributed by atoms with van der Waals surface area (Å²) in [5.74, 6) is -0.652. The van der Waals surface area contributed by atoms with Crippen molar-refractivity contribution < 1.29 is 13.6 Å². The highest BCUT2D eigenvalue weighted by atomic mass is 19.1. The first-order valence-electron chi connectivity index (χ1n) is 8.37. The number of fused-ring (bicyclic) bond motifs is 1. The summed E-state index contributed by atoms with van der Waals surface area (Å²) >= 11 is 0. The zero-order chi connectivity index (χ0) is 16.7. The zero-order valence-corrected chi connectivity index (χ0v) is 13.3. The summed E-state index contributed by atoms with van der Waals surface area (Å²) in [6, 6.07) is 6.22. The van der Waals surface area contributed by atoms with E-state index in [2.05, 4.69) is 10.2 Å². The smallest absolute Gasteiger partial charge is 0.260 e. The molecule has 4 rings (SSSR count). The van der Waals surface area contributed by atoms with Crippen LogP contribution in [0, 0.1) is 5.82 Å². The average Bonchev–Trinajstić information content (AvgIpc) is 2.84. The van der Waals surface area contributed by atoms with Crippen LogP contribution in [-0.2, 0) is 17.6 Å². The lowest BCUT2D eigenvalue weighted by molar-refractivity contribution is -0.149. The summed E-state index contributed by atoms with van der Waals surface area (Å²) in [5.41, 5.74) is 2.01. The highest BCUT2D eigenvalue weighted by molar-refractivity contribution is 5.86. The number of alkyl halides is 1. The number of hydrogen-bond donors (Lipinski definition) is 1. The Morgan fingerprint density at radius 1 is 1.17 bits per heavy atom. The quantitative estimate of drug-likeness (QED) is 0.919. The van der Waals surface area contributed by atoms with E-state index in [0.29, 0.717) is 38.8 Å². The van der Waals surface area contributed by atoms with Crippen molar-refractivity contribution in [1.29, 1.82) is 0 Å². The average molecular weight is 331 g/mol. The Morgan fingerprint density at radius 3 is 2.54 bits per heavy atom. The highest BCUT2D eigenvalue weighted by Crippen LogP contribution is 2.38. The molecule has 1 aromatic heterocycles. The van der Waals surface area contributed by atoms with Gasteiger partial charge in [-0.3, -0.25) is 9.89 Å². The zero-order valence-electron chi connectivity index (χ0n) is 13.3. The second kappa shape index (κ2) is 5.69. The van der Waals surface area contributed by atoms with E-state index in [0.717, 1.165) is 28.9 Å². The number of aromatic nitrogens is 2. The molecule has 24 heavy (non-hydrogen) atoms. The molecule has 4 nitrogen and oxygen atoms in total. The molecule has 1 saturated carbocycles. The number of rotatable bonds is 2. The number of nitrogens with zero attached hydrogens (tertiary/aromatic N) is 2. The topological polar surface area (TPSA) is 49.0 Å². The molecule has 1 amide bonds. The number of hydrogen-bond acceptors (Lipinski definition) is 2. The number of amides is 1. The first kappa shape index (κ1) is 15.3. The maximum absolute atomic E-state index is 14.4. The van der Waals surface area contributed by atoms with Crippen molar-refractivity contribution in [3.8, 4) is 11.3 Å². The molecule has 0 saturated heterocycles. The van der Waals surface area contributed by atoms with Crippen LogP contribution >= 0.6 is 0 Å². The van der Waals surface area contributed by atoms with Crippen LogP contribution in [0.2, 0.25) is 0 Å². The standard InChI is InChI=1S/C18H19F2N3O/c19-13-4-2-12(3-5-13)16-14-6-10-23(11-7-15(14)21-22-16)17(24)18(20)8-1-9-18/h2-5H,1,6-11H2,(H,21,22). The predicted molar refractivity (Wildman–Crippen MR) is 85.7 cm³/mol. The van der Waals surface area contributed by atoms with E-state index < -0.39 is 5.67 Å². The van der Waals surface area contributed by atoms with Crippen molar-refractivity contribution in [1.82, 2.24) is 15.1 Å². The molecule has 0 bridgehead atoms. The van der Waals surface area contributed by atoms with Crippen molar-refractivity contribution in [3.63, 3.8) is 0 Å². The molecule has 2 aliphatic rings. The van der Waals surface area contributed by atoms with Crippen LogP contribution in [-0.4, -0.2) is 39.8 Å². The first-order chi connectivity index (χ1) is 11.6. The van der Waals surface area contributed by atoms with Gasteiger partial charge in [0.15, 0.2) is 5.67 Å². The minimum absolute atomic E-state index is 0.286. The maximum Gasteiger partial charge on any atom is 0.260 e. The van der Waals surface area contributed by atoms with Gasteiger partial charge in [0.1, 0.15) is 5.82 Å². The third-order valence-corrected chi connectivity index (χ3v) is 5.15. The third kappa shape index (κ3) is 2.50. The van der Waals surface area contributed by atoms with Gasteiger partial charge in [-0.25, -0.2) is 8.78 Å². The van der Waals surface area contributed by atoms with E-state index in [9.17, 15) is 13.6 Å². The summed E-state index contributed by atoms with van der Waals surface area (Å²) in [7, 11) is 0. The van der Waals surface area contributed by atoms with Gasteiger partial charge >= 0.3 is 0 Å². The van der Waals surface area contributed by atoms with Gasteiger partial charge in [0.2, 0.25) is 0 Å². The summed E-state index contributed by atoms with van der Waals surface area (Å²) in [4.78, 5) is 14.0. The molecule has 0 atom stereocenters. The number of benzene rings is 1. The van der Waals surface area contributed by atoms with Gasteiger partial charge in [-0.15, -0.1) is 0 Å². The second-order valence-corrected chi connectivity index (χ2v) is 6.65. The summed E-state index contributed by atoms with van der Waals surface area (Å²) in [6.07, 6.45) is 2.73. The molecule has 1 N–H and O–H groups in total. The SMILES string of the molecule is O=C(N1CCc2[nH]nc(-c3ccc(F)cc3)c2CC1)C1(F)CCC1. The lowest BCUT2D eigenvalue weighted by atomic mass is 9.81. The summed E-state index contributed by atoms with van der Waals surface area (Å²) in [5, 5.41) is 7.39. The number of halogens is 2. The molecule has 126 valence electrons. The fourth-order valence-electron chi connectivity index (χ4n) is 3.52. The Morgan fingerprint density at radius 2 is 1.88 bits per heavy atom. The lowest BCUT2D eigenvalue weighted by Crippen LogP contribution is -2.51. The van der Waals surface area contributed by atoms with Crippen LogP contribution in [0.5, 0.6) is 0 Å². The number of H-pyrrole nitrogens is 1. The van der Waals surface area contributed by atoms with Gasteiger partial charge in [-0.1, -0.05) is 0 Å². The molecule has 1 aliphatic carbocycles. The molecule has 0 radical (unpaired) electrons. The number of nitrogens with one attached hydrogen (secondary N) is 1. The minimum atomic E-state index is -1.64. The number of carbonyl (C=O) groups excluding carboxylic acids is 1. The first-order valence-corrected chi connectivity index (χ1v) is 8.37. The third-order valence-electron chi connectivity index (χ3n) is 5.15. The largest absolute Gasteiger partial charge is 0.339 e. The Bertz CT molecular complexity index is 765.